The number of carbonyl (C=O) groups is 2. The van der Waals surface area contributed by atoms with Crippen LogP contribution in [-0.4, -0.2) is 24.3 Å². The monoisotopic (exact) mass is 316 g/mol. The fraction of sp³-hybridized carbons (Fsp3) is 0.600. The smallest absolute Gasteiger partial charge is 0.161 e. The summed E-state index contributed by atoms with van der Waals surface area (Å²) in [5, 5.41) is 0. The van der Waals surface area contributed by atoms with E-state index in [0.29, 0.717) is 25.9 Å². The second-order valence-corrected chi connectivity index (χ2v) is 6.54. The zero-order chi connectivity index (χ0) is 17.0. The van der Waals surface area contributed by atoms with Crippen LogP contribution in [0.4, 0.5) is 0 Å². The van der Waals surface area contributed by atoms with Crippen LogP contribution in [0.1, 0.15) is 52.4 Å². The van der Waals surface area contributed by atoms with E-state index in [-0.39, 0.29) is 29.5 Å². The number of carbonyl (C=O) groups excluding carboxylic acids is 2. The largest absolute Gasteiger partial charge is 0.378 e. The molecule has 0 aromatic rings. The molecule has 126 valence electrons. The summed E-state index contributed by atoms with van der Waals surface area (Å²) >= 11 is 0. The van der Waals surface area contributed by atoms with Crippen molar-refractivity contribution in [2.75, 3.05) is 6.61 Å². The van der Waals surface area contributed by atoms with Crippen molar-refractivity contribution in [3.05, 3.63) is 36.0 Å². The molecule has 0 spiro atoms. The molecule has 3 rings (SSSR count). The summed E-state index contributed by atoms with van der Waals surface area (Å²) in [6.07, 6.45) is 6.37. The van der Waals surface area contributed by atoms with Gasteiger partial charge in [-0.1, -0.05) is 18.2 Å². The van der Waals surface area contributed by atoms with Gasteiger partial charge in [0.1, 0.15) is 0 Å². The van der Waals surface area contributed by atoms with Crippen LogP contribution in [-0.2, 0) is 14.3 Å². The van der Waals surface area contributed by atoms with E-state index in [1.807, 2.05) is 13.8 Å². The zero-order valence-corrected chi connectivity index (χ0v) is 14.4. The molecular weight excluding hydrogens is 288 g/mol. The van der Waals surface area contributed by atoms with E-state index in [4.69, 9.17) is 4.74 Å². The summed E-state index contributed by atoms with van der Waals surface area (Å²) in [7, 11) is 0. The third kappa shape index (κ3) is 3.55. The Kier molecular flexibility index (Phi) is 6.11. The summed E-state index contributed by atoms with van der Waals surface area (Å²) in [4.78, 5) is 24.7. The van der Waals surface area contributed by atoms with Crippen molar-refractivity contribution < 1.29 is 14.3 Å². The first-order valence-corrected chi connectivity index (χ1v) is 8.70. The fourth-order valence-electron chi connectivity index (χ4n) is 4.19. The predicted octanol–water partition coefficient (Wildman–Crippen LogP) is 4.19. The van der Waals surface area contributed by atoms with E-state index >= 15 is 0 Å². The van der Waals surface area contributed by atoms with Gasteiger partial charge in [-0.15, -0.1) is 6.58 Å². The SMILES string of the molecule is C=C1CCCC2C(OCC)CC(=O)C3=C(C(=O)CC3)C12.C=CC. The van der Waals surface area contributed by atoms with Gasteiger partial charge in [0.05, 0.1) is 6.10 Å². The first-order valence-electron chi connectivity index (χ1n) is 8.70. The number of Topliss-reactive ketones (excluding diaryl/α,β-unsaturated/α-hetero) is 2. The standard InChI is InChI=1S/C17H22O3.C3H6/c1-3-20-15-9-14(19)11-7-8-13(18)17(11)16-10(2)5-4-6-12(15)16;1-3-2/h12,15-16H,2-9H2,1H3;3H,1H2,2H3. The molecule has 1 saturated carbocycles. The average Bonchev–Trinajstić information content (AvgIpc) is 2.83. The van der Waals surface area contributed by atoms with Crippen LogP contribution in [0.5, 0.6) is 0 Å². The Morgan fingerprint density at radius 1 is 1.22 bits per heavy atom. The average molecular weight is 316 g/mol. The third-order valence-electron chi connectivity index (χ3n) is 5.02. The van der Waals surface area contributed by atoms with Crippen LogP contribution in [0.25, 0.3) is 0 Å². The molecule has 3 heteroatoms. The Balaban J connectivity index is 0.000000595. The quantitative estimate of drug-likeness (QED) is 0.718. The minimum Gasteiger partial charge on any atom is -0.378 e. The Bertz CT molecular complexity index is 541. The Hall–Kier alpha value is -1.48. The molecule has 0 aromatic carbocycles. The molecule has 23 heavy (non-hydrogen) atoms. The van der Waals surface area contributed by atoms with Crippen LogP contribution in [0.3, 0.4) is 0 Å². The number of allylic oxidation sites excluding steroid dienone is 4. The summed E-state index contributed by atoms with van der Waals surface area (Å²) < 4.78 is 5.85. The minimum atomic E-state index is -0.0482. The molecule has 3 atom stereocenters. The second kappa shape index (κ2) is 7.87. The Morgan fingerprint density at radius 3 is 2.57 bits per heavy atom. The van der Waals surface area contributed by atoms with Crippen LogP contribution < -0.4 is 0 Å². The van der Waals surface area contributed by atoms with E-state index < -0.39 is 0 Å². The predicted molar refractivity (Wildman–Crippen MR) is 92.1 cm³/mol. The molecular formula is C20H28O3. The lowest BCUT2D eigenvalue weighted by Gasteiger charge is -2.37. The fourth-order valence-corrected chi connectivity index (χ4v) is 4.19. The van der Waals surface area contributed by atoms with Crippen molar-refractivity contribution >= 4 is 11.6 Å². The van der Waals surface area contributed by atoms with Crippen molar-refractivity contribution in [2.45, 2.75) is 58.5 Å². The molecule has 3 unspecified atom stereocenters. The molecule has 3 nitrogen and oxygen atoms in total. The van der Waals surface area contributed by atoms with Gasteiger partial charge in [-0.3, -0.25) is 9.59 Å². The van der Waals surface area contributed by atoms with Gasteiger partial charge in [-0.05, 0) is 45.4 Å². The molecule has 0 bridgehead atoms. The molecule has 1 fully saturated rings. The molecule has 0 amide bonds. The number of hydrogen-bond acceptors (Lipinski definition) is 3. The lowest BCUT2D eigenvalue weighted by molar-refractivity contribution is -0.119. The van der Waals surface area contributed by atoms with Crippen molar-refractivity contribution in [3.63, 3.8) is 0 Å². The van der Waals surface area contributed by atoms with Gasteiger partial charge in [0.25, 0.3) is 0 Å². The van der Waals surface area contributed by atoms with Gasteiger partial charge < -0.3 is 4.74 Å². The van der Waals surface area contributed by atoms with Crippen LogP contribution in [0.2, 0.25) is 0 Å². The first kappa shape index (κ1) is 17.9. The molecule has 3 aliphatic rings. The maximum absolute atomic E-state index is 12.5. The van der Waals surface area contributed by atoms with Gasteiger partial charge in [0.15, 0.2) is 11.6 Å². The molecule has 0 radical (unpaired) electrons. The van der Waals surface area contributed by atoms with Crippen LogP contribution in [0, 0.1) is 11.8 Å². The Labute approximate surface area is 139 Å². The number of ether oxygens (including phenoxy) is 1. The van der Waals surface area contributed by atoms with Gasteiger partial charge in [0.2, 0.25) is 0 Å². The molecule has 3 aliphatic carbocycles. The normalized spacial score (nSPS) is 30.2. The van der Waals surface area contributed by atoms with Crippen molar-refractivity contribution in [2.24, 2.45) is 11.8 Å². The third-order valence-corrected chi connectivity index (χ3v) is 5.02. The van der Waals surface area contributed by atoms with Gasteiger partial charge in [-0.2, -0.15) is 0 Å². The van der Waals surface area contributed by atoms with Gasteiger partial charge in [0, 0.05) is 36.5 Å². The topological polar surface area (TPSA) is 43.4 Å². The summed E-state index contributed by atoms with van der Waals surface area (Å²) in [5.41, 5.74) is 2.71. The van der Waals surface area contributed by atoms with Crippen molar-refractivity contribution in [1.82, 2.24) is 0 Å². The molecule has 0 heterocycles. The van der Waals surface area contributed by atoms with E-state index in [2.05, 4.69) is 13.2 Å². The van der Waals surface area contributed by atoms with E-state index in [1.165, 1.54) is 0 Å². The lowest BCUT2D eigenvalue weighted by Crippen LogP contribution is -2.35. The zero-order valence-electron chi connectivity index (χ0n) is 14.4. The maximum atomic E-state index is 12.5. The van der Waals surface area contributed by atoms with E-state index in [0.717, 1.165) is 36.0 Å². The van der Waals surface area contributed by atoms with Crippen molar-refractivity contribution in [3.8, 4) is 0 Å². The minimum absolute atomic E-state index is 0.0482. The van der Waals surface area contributed by atoms with Crippen LogP contribution in [0.15, 0.2) is 36.0 Å². The number of hydrogen-bond donors (Lipinski definition) is 0. The molecule has 0 aromatic heterocycles. The molecule has 0 N–H and O–H groups in total. The highest BCUT2D eigenvalue weighted by Gasteiger charge is 2.45. The number of fused-ring (bicyclic) bond motifs is 2. The number of ketones is 2. The number of rotatable bonds is 2. The van der Waals surface area contributed by atoms with Gasteiger partial charge in [-0.25, -0.2) is 0 Å². The molecule has 0 saturated heterocycles. The summed E-state index contributed by atoms with van der Waals surface area (Å²) in [6, 6.07) is 0. The maximum Gasteiger partial charge on any atom is 0.161 e. The van der Waals surface area contributed by atoms with E-state index in [1.54, 1.807) is 6.08 Å². The van der Waals surface area contributed by atoms with Crippen molar-refractivity contribution in [1.29, 1.82) is 0 Å². The van der Waals surface area contributed by atoms with E-state index in [9.17, 15) is 9.59 Å². The second-order valence-electron chi connectivity index (χ2n) is 6.54. The highest BCUT2D eigenvalue weighted by Crippen LogP contribution is 2.47. The highest BCUT2D eigenvalue weighted by atomic mass is 16.5. The Morgan fingerprint density at radius 2 is 1.91 bits per heavy atom. The first-order chi connectivity index (χ1) is 11.0. The molecule has 0 aliphatic heterocycles. The summed E-state index contributed by atoms with van der Waals surface area (Å²) in [6.45, 7) is 12.0. The lowest BCUT2D eigenvalue weighted by atomic mass is 9.70. The van der Waals surface area contributed by atoms with Crippen LogP contribution >= 0.6 is 0 Å². The highest BCUT2D eigenvalue weighted by molar-refractivity contribution is 6.11. The van der Waals surface area contributed by atoms with Gasteiger partial charge >= 0.3 is 0 Å². The summed E-state index contributed by atoms with van der Waals surface area (Å²) in [5.74, 6) is 0.626.